The number of hydrogen-bond donors (Lipinski definition) is 1. The summed E-state index contributed by atoms with van der Waals surface area (Å²) >= 11 is 0. The number of rotatable bonds is 4. The SMILES string of the molecule is CN1CCCC(N(C)CCN2CCCNCC2)C1. The Bertz CT molecular complexity index is 226. The van der Waals surface area contributed by atoms with Gasteiger partial charge in [-0.25, -0.2) is 0 Å². The van der Waals surface area contributed by atoms with Crippen LogP contribution in [0.15, 0.2) is 0 Å². The maximum Gasteiger partial charge on any atom is 0.0221 e. The summed E-state index contributed by atoms with van der Waals surface area (Å²) < 4.78 is 0. The average molecular weight is 254 g/mol. The van der Waals surface area contributed by atoms with E-state index in [0.717, 1.165) is 12.6 Å². The quantitative estimate of drug-likeness (QED) is 0.779. The van der Waals surface area contributed by atoms with Crippen LogP contribution in [0.25, 0.3) is 0 Å². The van der Waals surface area contributed by atoms with Crippen molar-refractivity contribution in [2.24, 2.45) is 0 Å². The Hall–Kier alpha value is -0.160. The van der Waals surface area contributed by atoms with Crippen molar-refractivity contribution in [1.82, 2.24) is 20.0 Å². The third-order valence-corrected chi connectivity index (χ3v) is 4.42. The van der Waals surface area contributed by atoms with Crippen LogP contribution in [-0.2, 0) is 0 Å². The minimum Gasteiger partial charge on any atom is -0.315 e. The Labute approximate surface area is 112 Å². The molecule has 2 fully saturated rings. The van der Waals surface area contributed by atoms with Crippen molar-refractivity contribution in [3.8, 4) is 0 Å². The van der Waals surface area contributed by atoms with Crippen LogP contribution in [-0.4, -0.2) is 87.2 Å². The van der Waals surface area contributed by atoms with Crippen molar-refractivity contribution in [2.45, 2.75) is 25.3 Å². The van der Waals surface area contributed by atoms with Gasteiger partial charge in [0.25, 0.3) is 0 Å². The molecule has 0 aromatic heterocycles. The lowest BCUT2D eigenvalue weighted by Gasteiger charge is -2.36. The number of nitrogens with zero attached hydrogens (tertiary/aromatic N) is 3. The molecule has 1 N–H and O–H groups in total. The monoisotopic (exact) mass is 254 g/mol. The fourth-order valence-corrected chi connectivity index (χ4v) is 3.11. The maximum absolute atomic E-state index is 3.47. The molecule has 0 spiro atoms. The van der Waals surface area contributed by atoms with E-state index in [1.165, 1.54) is 65.1 Å². The molecule has 0 bridgehead atoms. The van der Waals surface area contributed by atoms with E-state index in [0.29, 0.717) is 0 Å². The minimum atomic E-state index is 0.772. The van der Waals surface area contributed by atoms with E-state index in [-0.39, 0.29) is 0 Å². The molecule has 0 radical (unpaired) electrons. The van der Waals surface area contributed by atoms with Gasteiger partial charge in [-0.15, -0.1) is 0 Å². The standard InChI is InChI=1S/C14H30N4/c1-16-8-3-5-14(13-16)17(2)11-12-18-9-4-6-15-7-10-18/h14-15H,3-13H2,1-2H3. The van der Waals surface area contributed by atoms with Crippen molar-refractivity contribution in [3.05, 3.63) is 0 Å². The summed E-state index contributed by atoms with van der Waals surface area (Å²) in [5, 5.41) is 3.47. The fraction of sp³-hybridized carbons (Fsp3) is 1.00. The maximum atomic E-state index is 3.47. The summed E-state index contributed by atoms with van der Waals surface area (Å²) in [6, 6.07) is 0.772. The van der Waals surface area contributed by atoms with Gasteiger partial charge in [-0.05, 0) is 53.0 Å². The van der Waals surface area contributed by atoms with E-state index < -0.39 is 0 Å². The Morgan fingerprint density at radius 1 is 1.17 bits per heavy atom. The van der Waals surface area contributed by atoms with E-state index in [1.807, 2.05) is 0 Å². The second kappa shape index (κ2) is 7.43. The van der Waals surface area contributed by atoms with E-state index in [9.17, 15) is 0 Å². The first-order valence-electron chi connectivity index (χ1n) is 7.57. The molecular weight excluding hydrogens is 224 g/mol. The summed E-state index contributed by atoms with van der Waals surface area (Å²) in [5.41, 5.74) is 0. The molecule has 2 heterocycles. The average Bonchev–Trinajstić information content (AvgIpc) is 2.64. The van der Waals surface area contributed by atoms with E-state index in [4.69, 9.17) is 0 Å². The first-order chi connectivity index (χ1) is 8.75. The Morgan fingerprint density at radius 2 is 2.06 bits per heavy atom. The molecule has 18 heavy (non-hydrogen) atoms. The Kier molecular flexibility index (Phi) is 5.89. The molecule has 2 saturated heterocycles. The zero-order chi connectivity index (χ0) is 12.8. The first-order valence-corrected chi connectivity index (χ1v) is 7.57. The van der Waals surface area contributed by atoms with Gasteiger partial charge in [-0.3, -0.25) is 0 Å². The van der Waals surface area contributed by atoms with Crippen molar-refractivity contribution in [1.29, 1.82) is 0 Å². The normalized spacial score (nSPS) is 28.5. The zero-order valence-corrected chi connectivity index (χ0v) is 12.2. The summed E-state index contributed by atoms with van der Waals surface area (Å²) in [7, 11) is 4.56. The van der Waals surface area contributed by atoms with Crippen LogP contribution in [0.2, 0.25) is 0 Å². The number of likely N-dealkylation sites (N-methyl/N-ethyl adjacent to an activating group) is 2. The molecule has 1 unspecified atom stereocenters. The van der Waals surface area contributed by atoms with Crippen molar-refractivity contribution in [3.63, 3.8) is 0 Å². The third-order valence-electron chi connectivity index (χ3n) is 4.42. The zero-order valence-electron chi connectivity index (χ0n) is 12.2. The fourth-order valence-electron chi connectivity index (χ4n) is 3.11. The van der Waals surface area contributed by atoms with Crippen molar-refractivity contribution in [2.75, 3.05) is 66.5 Å². The number of nitrogens with one attached hydrogen (secondary N) is 1. The van der Waals surface area contributed by atoms with Crippen LogP contribution < -0.4 is 5.32 Å². The summed E-state index contributed by atoms with van der Waals surface area (Å²) in [4.78, 5) is 7.66. The predicted octanol–water partition coefficient (Wildman–Crippen LogP) is 0.308. The van der Waals surface area contributed by atoms with E-state index >= 15 is 0 Å². The molecule has 106 valence electrons. The molecule has 0 amide bonds. The lowest BCUT2D eigenvalue weighted by molar-refractivity contribution is 0.122. The van der Waals surface area contributed by atoms with Crippen LogP contribution >= 0.6 is 0 Å². The minimum absolute atomic E-state index is 0.772. The van der Waals surface area contributed by atoms with Gasteiger partial charge in [0, 0.05) is 38.8 Å². The molecule has 2 aliphatic heterocycles. The molecule has 4 heteroatoms. The van der Waals surface area contributed by atoms with Gasteiger partial charge >= 0.3 is 0 Å². The summed E-state index contributed by atoms with van der Waals surface area (Å²) in [6.07, 6.45) is 4.04. The van der Waals surface area contributed by atoms with Crippen molar-refractivity contribution >= 4 is 0 Å². The molecule has 1 atom stereocenters. The molecule has 2 aliphatic rings. The van der Waals surface area contributed by atoms with Crippen molar-refractivity contribution < 1.29 is 0 Å². The molecule has 0 aromatic carbocycles. The van der Waals surface area contributed by atoms with Crippen LogP contribution in [0, 0.1) is 0 Å². The summed E-state index contributed by atoms with van der Waals surface area (Å²) in [5.74, 6) is 0. The smallest absolute Gasteiger partial charge is 0.0221 e. The lowest BCUT2D eigenvalue weighted by Crippen LogP contribution is -2.47. The second-order valence-electron chi connectivity index (χ2n) is 5.98. The molecule has 0 aliphatic carbocycles. The molecule has 0 aromatic rings. The van der Waals surface area contributed by atoms with Gasteiger partial charge in [-0.1, -0.05) is 0 Å². The van der Waals surface area contributed by atoms with Gasteiger partial charge in [0.2, 0.25) is 0 Å². The molecule has 2 rings (SSSR count). The number of hydrogen-bond acceptors (Lipinski definition) is 4. The Morgan fingerprint density at radius 3 is 2.89 bits per heavy atom. The molecule has 4 nitrogen and oxygen atoms in total. The number of likely N-dealkylation sites (tertiary alicyclic amines) is 1. The highest BCUT2D eigenvalue weighted by Gasteiger charge is 2.21. The van der Waals surface area contributed by atoms with E-state index in [1.54, 1.807) is 0 Å². The van der Waals surface area contributed by atoms with Gasteiger partial charge in [0.1, 0.15) is 0 Å². The lowest BCUT2D eigenvalue weighted by atomic mass is 10.1. The predicted molar refractivity (Wildman–Crippen MR) is 77.1 cm³/mol. The van der Waals surface area contributed by atoms with Gasteiger partial charge < -0.3 is 20.0 Å². The number of piperidine rings is 1. The highest BCUT2D eigenvalue weighted by atomic mass is 15.2. The first kappa shape index (κ1) is 14.3. The van der Waals surface area contributed by atoms with Crippen LogP contribution in [0.1, 0.15) is 19.3 Å². The van der Waals surface area contributed by atoms with Crippen LogP contribution in [0.5, 0.6) is 0 Å². The van der Waals surface area contributed by atoms with Gasteiger partial charge in [-0.2, -0.15) is 0 Å². The highest BCUT2D eigenvalue weighted by molar-refractivity contribution is 4.78. The third kappa shape index (κ3) is 4.50. The second-order valence-corrected chi connectivity index (χ2v) is 5.98. The van der Waals surface area contributed by atoms with E-state index in [2.05, 4.69) is 34.1 Å². The van der Waals surface area contributed by atoms with Gasteiger partial charge in [0.15, 0.2) is 0 Å². The topological polar surface area (TPSA) is 21.8 Å². The molecule has 0 saturated carbocycles. The highest BCUT2D eigenvalue weighted by Crippen LogP contribution is 2.13. The van der Waals surface area contributed by atoms with Gasteiger partial charge in [0.05, 0.1) is 0 Å². The Balaban J connectivity index is 1.68. The molecular formula is C14H30N4. The summed E-state index contributed by atoms with van der Waals surface area (Å²) in [6.45, 7) is 9.83. The van der Waals surface area contributed by atoms with Crippen LogP contribution in [0.4, 0.5) is 0 Å². The largest absolute Gasteiger partial charge is 0.315 e. The van der Waals surface area contributed by atoms with Crippen LogP contribution in [0.3, 0.4) is 0 Å².